The van der Waals surface area contributed by atoms with Crippen molar-refractivity contribution >= 4 is 11.7 Å². The van der Waals surface area contributed by atoms with Crippen molar-refractivity contribution in [1.29, 1.82) is 0 Å². The second-order valence-electron chi connectivity index (χ2n) is 7.20. The van der Waals surface area contributed by atoms with E-state index in [2.05, 4.69) is 19.2 Å². The zero-order valence-corrected chi connectivity index (χ0v) is 15.1. The molecular weight excluding hydrogens is 290 g/mol. The first-order valence-electron chi connectivity index (χ1n) is 9.45. The number of hydrogen-bond donors (Lipinski definition) is 2. The zero-order valence-electron chi connectivity index (χ0n) is 15.1. The Morgan fingerprint density at radius 2 is 1.78 bits per heavy atom. The van der Waals surface area contributed by atoms with Crippen LogP contribution in [0.3, 0.4) is 0 Å². The van der Waals surface area contributed by atoms with Crippen LogP contribution in [0.2, 0.25) is 0 Å². The topological polar surface area (TPSA) is 66.4 Å². The summed E-state index contributed by atoms with van der Waals surface area (Å²) in [5.74, 6) is 0.875. The Bertz CT molecular complexity index is 362. The Hall–Kier alpha value is -0.900. The lowest BCUT2D eigenvalue weighted by molar-refractivity contribution is -0.126. The summed E-state index contributed by atoms with van der Waals surface area (Å²) in [6.45, 7) is 5.78. The number of aliphatic hydroxyl groups excluding tert-OH is 1. The summed E-state index contributed by atoms with van der Waals surface area (Å²) in [6.07, 6.45) is 9.24. The minimum atomic E-state index is -0.376. The Labute approximate surface area is 141 Å². The van der Waals surface area contributed by atoms with Crippen LogP contribution in [-0.2, 0) is 9.59 Å². The standard InChI is InChI=1S/C19H35NO3/c1-4-15-9-11-17(12-10-15)20-19(23)16(5-2)8-6-7-14(3)18(22)13-21/h14-17,21H,4-13H2,1-3H3,(H,20,23). The molecule has 2 unspecified atom stereocenters. The molecular formula is C19H35NO3. The third kappa shape index (κ3) is 7.03. The van der Waals surface area contributed by atoms with Crippen LogP contribution in [0, 0.1) is 17.8 Å². The highest BCUT2D eigenvalue weighted by Crippen LogP contribution is 2.27. The van der Waals surface area contributed by atoms with E-state index < -0.39 is 0 Å². The summed E-state index contributed by atoms with van der Waals surface area (Å²) in [4.78, 5) is 23.8. The zero-order chi connectivity index (χ0) is 17.2. The number of nitrogens with one attached hydrogen (secondary N) is 1. The fourth-order valence-electron chi connectivity index (χ4n) is 3.54. The number of Topliss-reactive ketones (excluding diaryl/α,β-unsaturated/α-hetero) is 1. The van der Waals surface area contributed by atoms with Crippen LogP contribution in [0.5, 0.6) is 0 Å². The lowest BCUT2D eigenvalue weighted by Crippen LogP contribution is -2.40. The largest absolute Gasteiger partial charge is 0.389 e. The summed E-state index contributed by atoms with van der Waals surface area (Å²) < 4.78 is 0. The molecule has 0 saturated heterocycles. The molecule has 2 N–H and O–H groups in total. The molecule has 4 heteroatoms. The average Bonchev–Trinajstić information content (AvgIpc) is 2.58. The molecule has 0 aromatic carbocycles. The average molecular weight is 325 g/mol. The van der Waals surface area contributed by atoms with Crippen molar-refractivity contribution < 1.29 is 14.7 Å². The van der Waals surface area contributed by atoms with E-state index in [0.717, 1.165) is 44.4 Å². The van der Waals surface area contributed by atoms with Crippen molar-refractivity contribution in [2.24, 2.45) is 17.8 Å². The first kappa shape index (κ1) is 20.1. The highest BCUT2D eigenvalue weighted by molar-refractivity contribution is 5.81. The molecule has 0 aromatic heterocycles. The fourth-order valence-corrected chi connectivity index (χ4v) is 3.54. The third-order valence-electron chi connectivity index (χ3n) is 5.53. The molecule has 1 aliphatic rings. The summed E-state index contributed by atoms with van der Waals surface area (Å²) in [7, 11) is 0. The van der Waals surface area contributed by atoms with Gasteiger partial charge in [0.25, 0.3) is 0 Å². The van der Waals surface area contributed by atoms with Gasteiger partial charge in [-0.05, 0) is 50.9 Å². The maximum absolute atomic E-state index is 12.4. The lowest BCUT2D eigenvalue weighted by Gasteiger charge is -2.29. The number of carbonyl (C=O) groups excluding carboxylic acids is 2. The summed E-state index contributed by atoms with van der Waals surface area (Å²) in [5.41, 5.74) is 0. The molecule has 2 atom stereocenters. The second-order valence-corrected chi connectivity index (χ2v) is 7.20. The van der Waals surface area contributed by atoms with E-state index in [1.165, 1.54) is 19.3 Å². The monoisotopic (exact) mass is 325 g/mol. The quantitative estimate of drug-likeness (QED) is 0.646. The van der Waals surface area contributed by atoms with E-state index in [9.17, 15) is 9.59 Å². The SMILES string of the molecule is CCC1CCC(NC(=O)C(CC)CCCC(C)C(=O)CO)CC1. The smallest absolute Gasteiger partial charge is 0.223 e. The molecule has 4 nitrogen and oxygen atoms in total. The van der Waals surface area contributed by atoms with Crippen LogP contribution in [-0.4, -0.2) is 29.4 Å². The molecule has 0 heterocycles. The second kappa shape index (κ2) is 10.8. The van der Waals surface area contributed by atoms with Crippen molar-refractivity contribution in [3.8, 4) is 0 Å². The molecule has 0 bridgehead atoms. The maximum atomic E-state index is 12.4. The predicted octanol–water partition coefficient (Wildman–Crippen LogP) is 3.47. The molecule has 0 aromatic rings. The molecule has 1 aliphatic carbocycles. The van der Waals surface area contributed by atoms with Crippen molar-refractivity contribution in [3.05, 3.63) is 0 Å². The highest BCUT2D eigenvalue weighted by Gasteiger charge is 2.24. The number of aliphatic hydroxyl groups is 1. The van der Waals surface area contributed by atoms with E-state index in [1.54, 1.807) is 0 Å². The van der Waals surface area contributed by atoms with Gasteiger partial charge in [0.2, 0.25) is 5.91 Å². The third-order valence-corrected chi connectivity index (χ3v) is 5.53. The normalized spacial score (nSPS) is 24.0. The highest BCUT2D eigenvalue weighted by atomic mass is 16.3. The van der Waals surface area contributed by atoms with Gasteiger partial charge in [-0.25, -0.2) is 0 Å². The Kier molecular flexibility index (Phi) is 9.46. The van der Waals surface area contributed by atoms with E-state index in [-0.39, 0.29) is 30.1 Å². The molecule has 0 radical (unpaired) electrons. The van der Waals surface area contributed by atoms with Gasteiger partial charge in [0.05, 0.1) is 0 Å². The minimum absolute atomic E-state index is 0.0512. The van der Waals surface area contributed by atoms with Gasteiger partial charge in [0, 0.05) is 17.9 Å². The molecule has 0 aliphatic heterocycles. The van der Waals surface area contributed by atoms with Gasteiger partial charge in [0.1, 0.15) is 6.61 Å². The van der Waals surface area contributed by atoms with Crippen LogP contribution in [0.1, 0.15) is 78.6 Å². The number of amides is 1. The van der Waals surface area contributed by atoms with Crippen molar-refractivity contribution in [2.75, 3.05) is 6.61 Å². The first-order chi connectivity index (χ1) is 11.0. The molecule has 1 saturated carbocycles. The Morgan fingerprint density at radius 1 is 1.13 bits per heavy atom. The van der Waals surface area contributed by atoms with Gasteiger partial charge >= 0.3 is 0 Å². The van der Waals surface area contributed by atoms with Crippen LogP contribution >= 0.6 is 0 Å². The van der Waals surface area contributed by atoms with E-state index in [4.69, 9.17) is 5.11 Å². The molecule has 134 valence electrons. The summed E-state index contributed by atoms with van der Waals surface area (Å²) >= 11 is 0. The van der Waals surface area contributed by atoms with Crippen molar-refractivity contribution in [1.82, 2.24) is 5.32 Å². The molecule has 0 spiro atoms. The van der Waals surface area contributed by atoms with E-state index in [1.807, 2.05) is 6.92 Å². The van der Waals surface area contributed by atoms with Crippen LogP contribution in [0.15, 0.2) is 0 Å². The molecule has 1 rings (SSSR count). The number of rotatable bonds is 10. The van der Waals surface area contributed by atoms with Crippen LogP contribution in [0.4, 0.5) is 0 Å². The minimum Gasteiger partial charge on any atom is -0.389 e. The summed E-state index contributed by atoms with van der Waals surface area (Å²) in [5, 5.41) is 12.1. The van der Waals surface area contributed by atoms with Gasteiger partial charge in [0.15, 0.2) is 5.78 Å². The Balaban J connectivity index is 2.30. The van der Waals surface area contributed by atoms with Crippen LogP contribution < -0.4 is 5.32 Å². The first-order valence-corrected chi connectivity index (χ1v) is 9.45. The van der Waals surface area contributed by atoms with Gasteiger partial charge in [-0.3, -0.25) is 9.59 Å². The number of carbonyl (C=O) groups is 2. The van der Waals surface area contributed by atoms with Gasteiger partial charge in [-0.15, -0.1) is 0 Å². The van der Waals surface area contributed by atoms with Crippen molar-refractivity contribution in [3.63, 3.8) is 0 Å². The van der Waals surface area contributed by atoms with Gasteiger partial charge < -0.3 is 10.4 Å². The molecule has 1 amide bonds. The molecule has 1 fully saturated rings. The maximum Gasteiger partial charge on any atom is 0.223 e. The van der Waals surface area contributed by atoms with Gasteiger partial charge in [-0.1, -0.05) is 33.6 Å². The number of ketones is 1. The van der Waals surface area contributed by atoms with Crippen LogP contribution in [0.25, 0.3) is 0 Å². The Morgan fingerprint density at radius 3 is 2.30 bits per heavy atom. The fraction of sp³-hybridized carbons (Fsp3) is 0.895. The van der Waals surface area contributed by atoms with Crippen molar-refractivity contribution in [2.45, 2.75) is 84.6 Å². The molecule has 23 heavy (non-hydrogen) atoms. The number of hydrogen-bond acceptors (Lipinski definition) is 3. The van der Waals surface area contributed by atoms with Gasteiger partial charge in [-0.2, -0.15) is 0 Å². The predicted molar refractivity (Wildman–Crippen MR) is 93.1 cm³/mol. The summed E-state index contributed by atoms with van der Waals surface area (Å²) in [6, 6.07) is 0.356. The van der Waals surface area contributed by atoms with E-state index >= 15 is 0 Å². The van der Waals surface area contributed by atoms with E-state index in [0.29, 0.717) is 6.04 Å². The lowest BCUT2D eigenvalue weighted by atomic mass is 9.84.